The number of rotatable bonds is 4. The average Bonchev–Trinajstić information content (AvgIpc) is 3.34. The third-order valence-electron chi connectivity index (χ3n) is 4.08. The number of ether oxygens (including phenoxy) is 2. The zero-order valence-corrected chi connectivity index (χ0v) is 13.9. The Bertz CT molecular complexity index is 1110. The van der Waals surface area contributed by atoms with Gasteiger partial charge in [-0.25, -0.2) is 0 Å². The molecule has 0 spiro atoms. The Morgan fingerprint density at radius 1 is 1.11 bits per heavy atom. The van der Waals surface area contributed by atoms with Crippen molar-refractivity contribution in [3.05, 3.63) is 76.0 Å². The highest BCUT2D eigenvalue weighted by atomic mass is 16.7. The van der Waals surface area contributed by atoms with E-state index in [1.165, 1.54) is 6.07 Å². The van der Waals surface area contributed by atoms with Gasteiger partial charge < -0.3 is 13.9 Å². The smallest absolute Gasteiger partial charge is 0.280 e. The second-order valence-electron chi connectivity index (χ2n) is 5.71. The molecule has 0 fully saturated rings. The molecule has 1 aliphatic heterocycles. The molecular weight excluding hydrogens is 348 g/mol. The van der Waals surface area contributed by atoms with Gasteiger partial charge in [0.15, 0.2) is 11.5 Å². The maximum atomic E-state index is 11.2. The van der Waals surface area contributed by atoms with Crippen molar-refractivity contribution in [2.45, 2.75) is 0 Å². The molecule has 0 amide bonds. The molecule has 2 aromatic carbocycles. The lowest BCUT2D eigenvalue weighted by Crippen LogP contribution is -1.92. The summed E-state index contributed by atoms with van der Waals surface area (Å²) in [7, 11) is 0. The molecule has 0 saturated carbocycles. The van der Waals surface area contributed by atoms with Crippen LogP contribution in [0.4, 0.5) is 5.69 Å². The molecule has 0 unspecified atom stereocenters. The van der Waals surface area contributed by atoms with Gasteiger partial charge in [-0.05, 0) is 48.0 Å². The summed E-state index contributed by atoms with van der Waals surface area (Å²) in [6.07, 6.45) is 1.58. The first kappa shape index (κ1) is 16.4. The summed E-state index contributed by atoms with van der Waals surface area (Å²) in [6.45, 7) is 0.155. The highest BCUT2D eigenvalue weighted by Gasteiger charge is 2.18. The van der Waals surface area contributed by atoms with Gasteiger partial charge in [-0.15, -0.1) is 0 Å². The predicted molar refractivity (Wildman–Crippen MR) is 96.8 cm³/mol. The molecule has 0 aliphatic carbocycles. The Morgan fingerprint density at radius 3 is 2.74 bits per heavy atom. The van der Waals surface area contributed by atoms with Gasteiger partial charge in [-0.2, -0.15) is 5.26 Å². The Balaban J connectivity index is 1.69. The zero-order valence-electron chi connectivity index (χ0n) is 13.9. The van der Waals surface area contributed by atoms with Crippen molar-refractivity contribution < 1.29 is 18.8 Å². The maximum Gasteiger partial charge on any atom is 0.280 e. The standard InChI is InChI=1S/C20H12N2O5/c21-11-14(13-5-7-19-20(10-13)26-12-25-19)9-15-6-8-18(27-15)16-3-1-2-4-17(16)22(23)24/h1-10H,12H2. The molecule has 27 heavy (non-hydrogen) atoms. The number of nitro groups is 1. The van der Waals surface area contributed by atoms with Crippen molar-refractivity contribution in [1.82, 2.24) is 0 Å². The number of fused-ring (bicyclic) bond motifs is 1. The van der Waals surface area contributed by atoms with Crippen LogP contribution in [0.3, 0.4) is 0 Å². The number of benzene rings is 2. The molecule has 4 rings (SSSR count). The van der Waals surface area contributed by atoms with E-state index in [1.54, 1.807) is 54.6 Å². The van der Waals surface area contributed by atoms with Gasteiger partial charge in [-0.3, -0.25) is 10.1 Å². The van der Waals surface area contributed by atoms with E-state index in [1.807, 2.05) is 0 Å². The highest BCUT2D eigenvalue weighted by molar-refractivity contribution is 5.89. The van der Waals surface area contributed by atoms with Crippen LogP contribution in [0.5, 0.6) is 11.5 Å². The van der Waals surface area contributed by atoms with Crippen LogP contribution in [0.2, 0.25) is 0 Å². The minimum Gasteiger partial charge on any atom is -0.456 e. The molecule has 0 saturated heterocycles. The van der Waals surface area contributed by atoms with E-state index in [9.17, 15) is 15.4 Å². The van der Waals surface area contributed by atoms with Gasteiger partial charge >= 0.3 is 0 Å². The summed E-state index contributed by atoms with van der Waals surface area (Å²) >= 11 is 0. The highest BCUT2D eigenvalue weighted by Crippen LogP contribution is 2.35. The van der Waals surface area contributed by atoms with Crippen LogP contribution in [0.15, 0.2) is 59.0 Å². The van der Waals surface area contributed by atoms with Crippen molar-refractivity contribution in [3.8, 4) is 28.9 Å². The second kappa shape index (κ2) is 6.69. The number of furan rings is 1. The molecule has 132 valence electrons. The number of allylic oxidation sites excluding steroid dienone is 1. The molecule has 3 aromatic rings. The normalized spacial score (nSPS) is 12.6. The van der Waals surface area contributed by atoms with Crippen LogP contribution < -0.4 is 9.47 Å². The first-order valence-corrected chi connectivity index (χ1v) is 8.01. The predicted octanol–water partition coefficient (Wildman–Crippen LogP) is 4.65. The van der Waals surface area contributed by atoms with Crippen LogP contribution in [0.1, 0.15) is 11.3 Å². The molecule has 1 aromatic heterocycles. The minimum atomic E-state index is -0.458. The fraction of sp³-hybridized carbons (Fsp3) is 0.0500. The summed E-state index contributed by atoms with van der Waals surface area (Å²) in [5, 5.41) is 20.7. The van der Waals surface area contributed by atoms with Crippen molar-refractivity contribution in [2.75, 3.05) is 6.79 Å². The number of nitriles is 1. The number of nitrogens with zero attached hydrogens (tertiary/aromatic N) is 2. The third-order valence-corrected chi connectivity index (χ3v) is 4.08. The molecule has 7 heteroatoms. The van der Waals surface area contributed by atoms with E-state index in [0.29, 0.717) is 39.7 Å². The summed E-state index contributed by atoms with van der Waals surface area (Å²) in [5.41, 5.74) is 1.37. The van der Waals surface area contributed by atoms with Crippen LogP contribution >= 0.6 is 0 Å². The van der Waals surface area contributed by atoms with E-state index < -0.39 is 4.92 Å². The van der Waals surface area contributed by atoms with Crippen LogP contribution in [-0.2, 0) is 0 Å². The lowest BCUT2D eigenvalue weighted by Gasteiger charge is -2.01. The SMILES string of the molecule is N#CC(=Cc1ccc(-c2ccccc2[N+](=O)[O-])o1)c1ccc2c(c1)OCO2. The van der Waals surface area contributed by atoms with Gasteiger partial charge in [0, 0.05) is 6.07 Å². The van der Waals surface area contributed by atoms with E-state index in [-0.39, 0.29) is 12.5 Å². The number of hydrogen-bond acceptors (Lipinski definition) is 6. The van der Waals surface area contributed by atoms with Crippen molar-refractivity contribution in [2.24, 2.45) is 0 Å². The topological polar surface area (TPSA) is 98.5 Å². The van der Waals surface area contributed by atoms with E-state index in [2.05, 4.69) is 6.07 Å². The summed E-state index contributed by atoms with van der Waals surface area (Å²) in [5.74, 6) is 1.98. The van der Waals surface area contributed by atoms with Gasteiger partial charge in [0.2, 0.25) is 6.79 Å². The fourth-order valence-corrected chi connectivity index (χ4v) is 2.80. The lowest BCUT2D eigenvalue weighted by atomic mass is 10.1. The van der Waals surface area contributed by atoms with Crippen molar-refractivity contribution in [1.29, 1.82) is 5.26 Å². The van der Waals surface area contributed by atoms with Gasteiger partial charge in [-0.1, -0.05) is 12.1 Å². The Morgan fingerprint density at radius 2 is 1.93 bits per heavy atom. The third kappa shape index (κ3) is 3.12. The Hall–Kier alpha value is -4.05. The van der Waals surface area contributed by atoms with Crippen LogP contribution in [-0.4, -0.2) is 11.7 Å². The fourth-order valence-electron chi connectivity index (χ4n) is 2.80. The molecule has 0 N–H and O–H groups in total. The van der Waals surface area contributed by atoms with E-state index in [0.717, 1.165) is 0 Å². The number of para-hydroxylation sites is 1. The average molecular weight is 360 g/mol. The van der Waals surface area contributed by atoms with Gasteiger partial charge in [0.05, 0.1) is 22.1 Å². The number of hydrogen-bond donors (Lipinski definition) is 0. The largest absolute Gasteiger partial charge is 0.456 e. The Kier molecular flexibility index (Phi) is 4.07. The monoisotopic (exact) mass is 360 g/mol. The zero-order chi connectivity index (χ0) is 18.8. The molecule has 1 aliphatic rings. The number of nitro benzene ring substituents is 1. The van der Waals surface area contributed by atoms with E-state index >= 15 is 0 Å². The summed E-state index contributed by atoms with van der Waals surface area (Å²) in [6, 6.07) is 17.0. The van der Waals surface area contributed by atoms with Gasteiger partial charge in [0.1, 0.15) is 11.5 Å². The van der Waals surface area contributed by atoms with Crippen molar-refractivity contribution >= 4 is 17.3 Å². The van der Waals surface area contributed by atoms with E-state index in [4.69, 9.17) is 13.9 Å². The lowest BCUT2D eigenvalue weighted by molar-refractivity contribution is -0.384. The van der Waals surface area contributed by atoms with Gasteiger partial charge in [0.25, 0.3) is 5.69 Å². The summed E-state index contributed by atoms with van der Waals surface area (Å²) in [4.78, 5) is 10.7. The van der Waals surface area contributed by atoms with Crippen molar-refractivity contribution in [3.63, 3.8) is 0 Å². The van der Waals surface area contributed by atoms with Crippen LogP contribution in [0.25, 0.3) is 23.0 Å². The molecule has 0 atom stereocenters. The second-order valence-corrected chi connectivity index (χ2v) is 5.71. The Labute approximate surface area is 153 Å². The maximum absolute atomic E-state index is 11.2. The molecular formula is C20H12N2O5. The summed E-state index contributed by atoms with van der Waals surface area (Å²) < 4.78 is 16.3. The molecule has 2 heterocycles. The molecule has 0 bridgehead atoms. The first-order chi connectivity index (χ1) is 13.2. The first-order valence-electron chi connectivity index (χ1n) is 8.01. The quantitative estimate of drug-likeness (QED) is 0.381. The molecule has 7 nitrogen and oxygen atoms in total. The van der Waals surface area contributed by atoms with Crippen LogP contribution in [0, 0.1) is 21.4 Å². The minimum absolute atomic E-state index is 0.0429. The molecule has 0 radical (unpaired) electrons.